The van der Waals surface area contributed by atoms with Crippen LogP contribution in [0.1, 0.15) is 17.0 Å². The first-order valence-corrected chi connectivity index (χ1v) is 7.28. The highest BCUT2D eigenvalue weighted by Gasteiger charge is 2.30. The summed E-state index contributed by atoms with van der Waals surface area (Å²) in [4.78, 5) is 4.05. The number of nitrogens with two attached hydrogens (primary N) is 1. The van der Waals surface area contributed by atoms with Crippen molar-refractivity contribution in [3.05, 3.63) is 83.5 Å². The van der Waals surface area contributed by atoms with Crippen LogP contribution in [0.15, 0.2) is 72.4 Å². The molecule has 1 aliphatic heterocycles. The first-order chi connectivity index (χ1) is 11.3. The predicted octanol–water partition coefficient (Wildman–Crippen LogP) is 3.45. The van der Waals surface area contributed by atoms with E-state index in [1.807, 2.05) is 42.5 Å². The summed E-state index contributed by atoms with van der Waals surface area (Å²) in [6.07, 6.45) is 3.44. The second-order valence-electron chi connectivity index (χ2n) is 5.44. The Morgan fingerprint density at radius 3 is 2.43 bits per heavy atom. The number of nitrogens with zero attached hydrogens (tertiary/aromatic N) is 2. The van der Waals surface area contributed by atoms with Crippen molar-refractivity contribution in [3.8, 4) is 11.8 Å². The fraction of sp³-hybridized carbons (Fsp3) is 0.0526. The van der Waals surface area contributed by atoms with Crippen molar-refractivity contribution in [2.75, 3.05) is 0 Å². The van der Waals surface area contributed by atoms with Crippen LogP contribution in [0, 0.1) is 11.3 Å². The molecule has 0 radical (unpaired) electrons. The second-order valence-corrected chi connectivity index (χ2v) is 5.44. The molecular formula is C19H13N3O. The molecule has 4 rings (SSSR count). The molecule has 110 valence electrons. The first kappa shape index (κ1) is 13.4. The minimum absolute atomic E-state index is 0.164. The fourth-order valence-electron chi connectivity index (χ4n) is 3.04. The highest BCUT2D eigenvalue weighted by Crippen LogP contribution is 2.43. The molecular weight excluding hydrogens is 286 g/mol. The Bertz CT molecular complexity index is 971. The third-order valence-electron chi connectivity index (χ3n) is 4.12. The van der Waals surface area contributed by atoms with Gasteiger partial charge in [0.1, 0.15) is 17.4 Å². The summed E-state index contributed by atoms with van der Waals surface area (Å²) >= 11 is 0. The molecule has 23 heavy (non-hydrogen) atoms. The van der Waals surface area contributed by atoms with Gasteiger partial charge in [-0.2, -0.15) is 5.26 Å². The van der Waals surface area contributed by atoms with E-state index >= 15 is 0 Å². The number of aromatic nitrogens is 1. The average Bonchev–Trinajstić information content (AvgIpc) is 2.59. The van der Waals surface area contributed by atoms with Gasteiger partial charge in [-0.25, -0.2) is 0 Å². The Morgan fingerprint density at radius 2 is 1.74 bits per heavy atom. The molecule has 1 atom stereocenters. The van der Waals surface area contributed by atoms with E-state index in [1.165, 1.54) is 0 Å². The molecule has 0 fully saturated rings. The van der Waals surface area contributed by atoms with Crippen LogP contribution in [-0.4, -0.2) is 4.98 Å². The topological polar surface area (TPSA) is 71.9 Å². The quantitative estimate of drug-likeness (QED) is 0.747. The molecule has 4 heteroatoms. The third-order valence-corrected chi connectivity index (χ3v) is 4.12. The lowest BCUT2D eigenvalue weighted by Gasteiger charge is -2.26. The Balaban J connectivity index is 2.00. The SMILES string of the molecule is N#CC1=C(N)Oc2cc3ccccc3cc2C1c1ccncc1. The van der Waals surface area contributed by atoms with E-state index in [1.54, 1.807) is 12.4 Å². The maximum absolute atomic E-state index is 9.55. The molecule has 2 N–H and O–H groups in total. The first-order valence-electron chi connectivity index (χ1n) is 7.28. The average molecular weight is 299 g/mol. The molecule has 0 saturated heterocycles. The van der Waals surface area contributed by atoms with Gasteiger partial charge >= 0.3 is 0 Å². The highest BCUT2D eigenvalue weighted by atomic mass is 16.5. The Morgan fingerprint density at radius 1 is 1.04 bits per heavy atom. The van der Waals surface area contributed by atoms with Crippen LogP contribution >= 0.6 is 0 Å². The number of hydrogen-bond acceptors (Lipinski definition) is 4. The van der Waals surface area contributed by atoms with Crippen LogP contribution in [0.25, 0.3) is 10.8 Å². The lowest BCUT2D eigenvalue weighted by Crippen LogP contribution is -2.21. The van der Waals surface area contributed by atoms with Gasteiger partial charge in [-0.3, -0.25) is 4.98 Å². The van der Waals surface area contributed by atoms with Gasteiger partial charge in [-0.15, -0.1) is 0 Å². The smallest absolute Gasteiger partial charge is 0.205 e. The monoisotopic (exact) mass is 299 g/mol. The molecule has 0 aliphatic carbocycles. The Labute approximate surface area is 133 Å². The van der Waals surface area contributed by atoms with E-state index in [0.29, 0.717) is 11.3 Å². The number of ether oxygens (including phenoxy) is 1. The van der Waals surface area contributed by atoms with Crippen molar-refractivity contribution in [2.45, 2.75) is 5.92 Å². The van der Waals surface area contributed by atoms with Gasteiger partial charge in [0.05, 0.1) is 5.92 Å². The summed E-state index contributed by atoms with van der Waals surface area (Å²) in [6.45, 7) is 0. The van der Waals surface area contributed by atoms with Crippen LogP contribution < -0.4 is 10.5 Å². The molecule has 2 aromatic carbocycles. The zero-order chi connectivity index (χ0) is 15.8. The number of benzene rings is 2. The number of pyridine rings is 1. The largest absolute Gasteiger partial charge is 0.440 e. The number of hydrogen-bond donors (Lipinski definition) is 1. The highest BCUT2D eigenvalue weighted by molar-refractivity contribution is 5.86. The summed E-state index contributed by atoms with van der Waals surface area (Å²) in [5.41, 5.74) is 8.34. The zero-order valence-corrected chi connectivity index (χ0v) is 12.2. The van der Waals surface area contributed by atoms with Crippen LogP contribution in [-0.2, 0) is 0 Å². The minimum atomic E-state index is -0.239. The molecule has 1 aliphatic rings. The molecule has 0 spiro atoms. The normalized spacial score (nSPS) is 16.6. The molecule has 0 amide bonds. The van der Waals surface area contributed by atoms with Crippen molar-refractivity contribution in [3.63, 3.8) is 0 Å². The van der Waals surface area contributed by atoms with Crippen molar-refractivity contribution >= 4 is 10.8 Å². The Kier molecular flexibility index (Phi) is 2.99. The third kappa shape index (κ3) is 2.11. The maximum Gasteiger partial charge on any atom is 0.205 e. The van der Waals surface area contributed by atoms with Gasteiger partial charge in [-0.1, -0.05) is 24.3 Å². The number of rotatable bonds is 1. The van der Waals surface area contributed by atoms with Gasteiger partial charge in [0.15, 0.2) is 0 Å². The number of allylic oxidation sites excluding steroid dienone is 1. The van der Waals surface area contributed by atoms with E-state index in [-0.39, 0.29) is 11.8 Å². The zero-order valence-electron chi connectivity index (χ0n) is 12.2. The lowest BCUT2D eigenvalue weighted by atomic mass is 9.83. The molecule has 2 heterocycles. The van der Waals surface area contributed by atoms with E-state index in [9.17, 15) is 5.26 Å². The standard InChI is InChI=1S/C19H13N3O/c20-11-16-18(12-5-7-22-8-6-12)15-9-13-3-1-2-4-14(13)10-17(15)23-19(16)21/h1-10,18H,21H2. The second kappa shape index (κ2) is 5.15. The molecule has 1 unspecified atom stereocenters. The summed E-state index contributed by atoms with van der Waals surface area (Å²) < 4.78 is 5.71. The van der Waals surface area contributed by atoms with E-state index in [0.717, 1.165) is 21.9 Å². The molecule has 0 saturated carbocycles. The summed E-state index contributed by atoms with van der Waals surface area (Å²) in [6, 6.07) is 18.1. The van der Waals surface area contributed by atoms with Gasteiger partial charge in [-0.05, 0) is 40.6 Å². The molecule has 0 bridgehead atoms. The van der Waals surface area contributed by atoms with Gasteiger partial charge in [0.25, 0.3) is 0 Å². The van der Waals surface area contributed by atoms with Crippen LogP contribution in [0.3, 0.4) is 0 Å². The summed E-state index contributed by atoms with van der Waals surface area (Å²) in [7, 11) is 0. The maximum atomic E-state index is 9.55. The summed E-state index contributed by atoms with van der Waals surface area (Å²) in [5.74, 6) is 0.621. The van der Waals surface area contributed by atoms with E-state index in [2.05, 4.69) is 17.1 Å². The van der Waals surface area contributed by atoms with Crippen molar-refractivity contribution in [2.24, 2.45) is 5.73 Å². The predicted molar refractivity (Wildman–Crippen MR) is 87.5 cm³/mol. The number of nitriles is 1. The van der Waals surface area contributed by atoms with Gasteiger partial charge < -0.3 is 10.5 Å². The fourth-order valence-corrected chi connectivity index (χ4v) is 3.04. The van der Waals surface area contributed by atoms with Crippen molar-refractivity contribution in [1.29, 1.82) is 5.26 Å². The van der Waals surface area contributed by atoms with Crippen molar-refractivity contribution < 1.29 is 4.74 Å². The Hall–Kier alpha value is -3.32. The van der Waals surface area contributed by atoms with Gasteiger partial charge in [0, 0.05) is 18.0 Å². The van der Waals surface area contributed by atoms with Crippen LogP contribution in [0.4, 0.5) is 0 Å². The lowest BCUT2D eigenvalue weighted by molar-refractivity contribution is 0.394. The van der Waals surface area contributed by atoms with Crippen LogP contribution in [0.5, 0.6) is 5.75 Å². The molecule has 1 aromatic heterocycles. The minimum Gasteiger partial charge on any atom is -0.440 e. The van der Waals surface area contributed by atoms with Crippen molar-refractivity contribution in [1.82, 2.24) is 4.98 Å². The van der Waals surface area contributed by atoms with Crippen LogP contribution in [0.2, 0.25) is 0 Å². The number of fused-ring (bicyclic) bond motifs is 2. The van der Waals surface area contributed by atoms with E-state index in [4.69, 9.17) is 10.5 Å². The van der Waals surface area contributed by atoms with Gasteiger partial charge in [0.2, 0.25) is 5.88 Å². The van der Waals surface area contributed by atoms with E-state index < -0.39 is 0 Å². The molecule has 4 nitrogen and oxygen atoms in total. The molecule has 3 aromatic rings. The summed E-state index contributed by atoms with van der Waals surface area (Å²) in [5, 5.41) is 11.7.